The van der Waals surface area contributed by atoms with Gasteiger partial charge in [-0.25, -0.2) is 4.98 Å². The number of benzene rings is 2. The molecule has 0 fully saturated rings. The zero-order valence-corrected chi connectivity index (χ0v) is 13.2. The molecule has 0 atom stereocenters. The topological polar surface area (TPSA) is 17.8 Å². The Hall–Kier alpha value is -2.09. The Labute approximate surface area is 126 Å². The average Bonchev–Trinajstić information content (AvgIpc) is 2.87. The maximum atomic E-state index is 4.83. The summed E-state index contributed by atoms with van der Waals surface area (Å²) in [4.78, 5) is 4.83. The number of hydrogen-bond acceptors (Lipinski definition) is 1. The van der Waals surface area contributed by atoms with Gasteiger partial charge in [0, 0.05) is 11.6 Å². The Morgan fingerprint density at radius 3 is 2.33 bits per heavy atom. The van der Waals surface area contributed by atoms with E-state index in [0.29, 0.717) is 11.8 Å². The second kappa shape index (κ2) is 5.36. The van der Waals surface area contributed by atoms with Crippen molar-refractivity contribution in [2.75, 3.05) is 0 Å². The van der Waals surface area contributed by atoms with Crippen LogP contribution in [0.15, 0.2) is 48.5 Å². The highest BCUT2D eigenvalue weighted by atomic mass is 15.1. The van der Waals surface area contributed by atoms with Gasteiger partial charge in [-0.05, 0) is 35.7 Å². The Morgan fingerprint density at radius 2 is 1.62 bits per heavy atom. The summed E-state index contributed by atoms with van der Waals surface area (Å²) in [5.74, 6) is 2.04. The number of fused-ring (bicyclic) bond motifs is 1. The molecule has 0 aliphatic heterocycles. The minimum atomic E-state index is 0.389. The van der Waals surface area contributed by atoms with E-state index in [9.17, 15) is 0 Å². The molecule has 1 aromatic heterocycles. The van der Waals surface area contributed by atoms with Crippen molar-refractivity contribution in [1.82, 2.24) is 9.55 Å². The van der Waals surface area contributed by atoms with Crippen LogP contribution in [-0.2, 0) is 0 Å². The molecule has 0 saturated heterocycles. The molecular weight excluding hydrogens is 256 g/mol. The van der Waals surface area contributed by atoms with E-state index in [1.54, 1.807) is 0 Å². The number of nitrogens with zero attached hydrogens (tertiary/aromatic N) is 2. The van der Waals surface area contributed by atoms with Crippen LogP contribution in [-0.4, -0.2) is 9.55 Å². The molecule has 21 heavy (non-hydrogen) atoms. The highest BCUT2D eigenvalue weighted by Gasteiger charge is 2.15. The molecule has 2 heteroatoms. The molecule has 2 nitrogen and oxygen atoms in total. The smallest absolute Gasteiger partial charge is 0.117 e. The van der Waals surface area contributed by atoms with Gasteiger partial charge in [0.05, 0.1) is 11.0 Å². The van der Waals surface area contributed by atoms with Crippen LogP contribution >= 0.6 is 0 Å². The van der Waals surface area contributed by atoms with Gasteiger partial charge in [0.2, 0.25) is 0 Å². The van der Waals surface area contributed by atoms with E-state index in [1.165, 1.54) is 16.8 Å². The van der Waals surface area contributed by atoms with Crippen LogP contribution in [0, 0.1) is 0 Å². The summed E-state index contributed by atoms with van der Waals surface area (Å²) >= 11 is 0. The molecule has 3 rings (SSSR count). The molecule has 3 aromatic rings. The molecule has 108 valence electrons. The van der Waals surface area contributed by atoms with Gasteiger partial charge in [-0.15, -0.1) is 0 Å². The summed E-state index contributed by atoms with van der Waals surface area (Å²) in [6.07, 6.45) is 0. The molecule has 2 aromatic carbocycles. The van der Waals surface area contributed by atoms with Crippen molar-refractivity contribution in [3.63, 3.8) is 0 Å². The second-order valence-electron chi connectivity index (χ2n) is 6.20. The highest BCUT2D eigenvalue weighted by Crippen LogP contribution is 2.27. The van der Waals surface area contributed by atoms with Crippen LogP contribution < -0.4 is 0 Å². The van der Waals surface area contributed by atoms with Crippen LogP contribution in [0.1, 0.15) is 50.9 Å². The molecule has 0 aliphatic rings. The lowest BCUT2D eigenvalue weighted by Gasteiger charge is -2.14. The molecular formula is C19H22N2. The second-order valence-corrected chi connectivity index (χ2v) is 6.20. The third-order valence-electron chi connectivity index (χ3n) is 3.90. The van der Waals surface area contributed by atoms with E-state index in [1.807, 2.05) is 6.07 Å². The molecule has 0 saturated carbocycles. The summed E-state index contributed by atoms with van der Waals surface area (Å²) in [5.41, 5.74) is 4.82. The standard InChI is InChI=1S/C19H22N2/c1-13(2)15-8-7-9-16(12-15)21-18-11-6-5-10-17(18)20-19(21)14(3)4/h5-14H,1-4H3. The Morgan fingerprint density at radius 1 is 0.857 bits per heavy atom. The van der Waals surface area contributed by atoms with Crippen molar-refractivity contribution >= 4 is 11.0 Å². The lowest BCUT2D eigenvalue weighted by atomic mass is 10.0. The molecule has 0 bridgehead atoms. The molecule has 0 unspecified atom stereocenters. The lowest BCUT2D eigenvalue weighted by molar-refractivity contribution is 0.758. The minimum Gasteiger partial charge on any atom is -0.296 e. The zero-order valence-electron chi connectivity index (χ0n) is 13.2. The fourth-order valence-electron chi connectivity index (χ4n) is 2.73. The Kier molecular flexibility index (Phi) is 3.54. The van der Waals surface area contributed by atoms with Crippen molar-refractivity contribution in [3.8, 4) is 5.69 Å². The van der Waals surface area contributed by atoms with Crippen LogP contribution in [0.2, 0.25) is 0 Å². The third kappa shape index (κ3) is 2.46. The first-order valence-electron chi connectivity index (χ1n) is 7.65. The van der Waals surface area contributed by atoms with E-state index >= 15 is 0 Å². The van der Waals surface area contributed by atoms with E-state index in [-0.39, 0.29) is 0 Å². The van der Waals surface area contributed by atoms with E-state index in [2.05, 4.69) is 74.7 Å². The van der Waals surface area contributed by atoms with Crippen molar-refractivity contribution < 1.29 is 0 Å². The normalized spacial score (nSPS) is 11.7. The van der Waals surface area contributed by atoms with Crippen LogP contribution in [0.25, 0.3) is 16.7 Å². The van der Waals surface area contributed by atoms with Gasteiger partial charge in [0.15, 0.2) is 0 Å². The van der Waals surface area contributed by atoms with E-state index in [0.717, 1.165) is 11.3 Å². The largest absolute Gasteiger partial charge is 0.296 e. The number of para-hydroxylation sites is 2. The van der Waals surface area contributed by atoms with Gasteiger partial charge in [-0.1, -0.05) is 52.0 Å². The van der Waals surface area contributed by atoms with Gasteiger partial charge in [0.25, 0.3) is 0 Å². The number of imidazole rings is 1. The first-order chi connectivity index (χ1) is 10.1. The maximum Gasteiger partial charge on any atom is 0.117 e. The fraction of sp³-hybridized carbons (Fsp3) is 0.316. The SMILES string of the molecule is CC(C)c1cccc(-n2c(C(C)C)nc3ccccc32)c1. The Bertz CT molecular complexity index is 766. The Balaban J connectivity index is 2.28. The quantitative estimate of drug-likeness (QED) is 0.638. The van der Waals surface area contributed by atoms with Crippen LogP contribution in [0.4, 0.5) is 0 Å². The summed E-state index contributed by atoms with van der Waals surface area (Å²) in [5, 5.41) is 0. The third-order valence-corrected chi connectivity index (χ3v) is 3.90. The average molecular weight is 278 g/mol. The summed E-state index contributed by atoms with van der Waals surface area (Å²) in [6.45, 7) is 8.86. The van der Waals surface area contributed by atoms with Gasteiger partial charge in [-0.2, -0.15) is 0 Å². The van der Waals surface area contributed by atoms with Crippen LogP contribution in [0.5, 0.6) is 0 Å². The van der Waals surface area contributed by atoms with Gasteiger partial charge < -0.3 is 0 Å². The van der Waals surface area contributed by atoms with Crippen molar-refractivity contribution in [2.24, 2.45) is 0 Å². The van der Waals surface area contributed by atoms with Crippen molar-refractivity contribution in [2.45, 2.75) is 39.5 Å². The number of rotatable bonds is 3. The minimum absolute atomic E-state index is 0.389. The first-order valence-corrected chi connectivity index (χ1v) is 7.65. The monoisotopic (exact) mass is 278 g/mol. The van der Waals surface area contributed by atoms with E-state index in [4.69, 9.17) is 4.98 Å². The molecule has 0 radical (unpaired) electrons. The zero-order chi connectivity index (χ0) is 15.0. The lowest BCUT2D eigenvalue weighted by Crippen LogP contribution is -2.03. The van der Waals surface area contributed by atoms with Gasteiger partial charge >= 0.3 is 0 Å². The van der Waals surface area contributed by atoms with Gasteiger partial charge in [-0.3, -0.25) is 4.57 Å². The number of hydrogen-bond donors (Lipinski definition) is 0. The molecule has 0 amide bonds. The molecule has 0 aliphatic carbocycles. The molecule has 0 N–H and O–H groups in total. The maximum absolute atomic E-state index is 4.83. The van der Waals surface area contributed by atoms with Crippen molar-refractivity contribution in [3.05, 3.63) is 59.9 Å². The predicted molar refractivity (Wildman–Crippen MR) is 89.2 cm³/mol. The van der Waals surface area contributed by atoms with E-state index < -0.39 is 0 Å². The van der Waals surface area contributed by atoms with Crippen molar-refractivity contribution in [1.29, 1.82) is 0 Å². The van der Waals surface area contributed by atoms with Crippen LogP contribution in [0.3, 0.4) is 0 Å². The van der Waals surface area contributed by atoms with Gasteiger partial charge in [0.1, 0.15) is 5.82 Å². The molecule has 1 heterocycles. The summed E-state index contributed by atoms with van der Waals surface area (Å²) in [7, 11) is 0. The predicted octanol–water partition coefficient (Wildman–Crippen LogP) is 5.27. The summed E-state index contributed by atoms with van der Waals surface area (Å²) in [6, 6.07) is 17.2. The highest BCUT2D eigenvalue weighted by molar-refractivity contribution is 5.78. The first kappa shape index (κ1) is 13.9. The molecule has 0 spiro atoms. The summed E-state index contributed by atoms with van der Waals surface area (Å²) < 4.78 is 2.30. The number of aromatic nitrogens is 2. The fourth-order valence-corrected chi connectivity index (χ4v) is 2.73.